The minimum atomic E-state index is -4.22. The van der Waals surface area contributed by atoms with E-state index in [2.05, 4.69) is 21.2 Å². The standard InChI is InChI=1S/C22H25N5O3S/c28-31(29,30)19-13-11-18(12-14-19)26-27-21-15-20(16-7-3-1-4-8-16)24-22(25-21)23-17-9-5-2-6-10-17/h1,3-4,7-8,11-15,17,26H,2,5-6,9-10H2,(H,28,29,30)(H2,23,24,25,27). The lowest BCUT2D eigenvalue weighted by atomic mass is 9.96. The van der Waals surface area contributed by atoms with Gasteiger partial charge in [-0.2, -0.15) is 13.4 Å². The number of nitrogens with zero attached hydrogens (tertiary/aromatic N) is 2. The second-order valence-electron chi connectivity index (χ2n) is 7.56. The number of hydrogen-bond acceptors (Lipinski definition) is 7. The molecule has 162 valence electrons. The molecule has 1 fully saturated rings. The largest absolute Gasteiger partial charge is 0.351 e. The molecule has 0 aliphatic heterocycles. The molecule has 1 heterocycles. The maximum absolute atomic E-state index is 11.2. The van der Waals surface area contributed by atoms with Crippen molar-refractivity contribution in [1.29, 1.82) is 0 Å². The molecule has 2 aromatic carbocycles. The molecule has 0 radical (unpaired) electrons. The quantitative estimate of drug-likeness (QED) is 0.312. The summed E-state index contributed by atoms with van der Waals surface area (Å²) in [6.45, 7) is 0. The highest BCUT2D eigenvalue weighted by atomic mass is 32.2. The van der Waals surface area contributed by atoms with E-state index in [9.17, 15) is 8.42 Å². The van der Waals surface area contributed by atoms with Crippen molar-refractivity contribution in [3.8, 4) is 11.3 Å². The summed E-state index contributed by atoms with van der Waals surface area (Å²) in [4.78, 5) is 9.14. The Morgan fingerprint density at radius 1 is 0.871 bits per heavy atom. The molecular formula is C22H25N5O3S. The van der Waals surface area contributed by atoms with Gasteiger partial charge in [0.15, 0.2) is 5.82 Å². The number of rotatable bonds is 7. The highest BCUT2D eigenvalue weighted by Gasteiger charge is 2.15. The summed E-state index contributed by atoms with van der Waals surface area (Å²) in [7, 11) is -4.22. The molecule has 4 N–H and O–H groups in total. The van der Waals surface area contributed by atoms with Crippen LogP contribution in [-0.2, 0) is 10.1 Å². The third kappa shape index (κ3) is 5.71. The van der Waals surface area contributed by atoms with Crippen LogP contribution in [-0.4, -0.2) is 29.0 Å². The Labute approximate surface area is 181 Å². The van der Waals surface area contributed by atoms with E-state index in [1.165, 1.54) is 31.4 Å². The van der Waals surface area contributed by atoms with Crippen LogP contribution in [0.5, 0.6) is 0 Å². The number of hydrazine groups is 1. The molecule has 0 bridgehead atoms. The average Bonchev–Trinajstić information content (AvgIpc) is 2.78. The summed E-state index contributed by atoms with van der Waals surface area (Å²) >= 11 is 0. The van der Waals surface area contributed by atoms with Crippen molar-refractivity contribution in [3.63, 3.8) is 0 Å². The minimum absolute atomic E-state index is 0.162. The van der Waals surface area contributed by atoms with E-state index in [1.807, 2.05) is 36.4 Å². The van der Waals surface area contributed by atoms with Crippen LogP contribution in [0.1, 0.15) is 32.1 Å². The maximum atomic E-state index is 11.2. The molecule has 1 aliphatic rings. The van der Waals surface area contributed by atoms with Crippen LogP contribution in [0.4, 0.5) is 17.5 Å². The molecule has 1 aliphatic carbocycles. The van der Waals surface area contributed by atoms with E-state index >= 15 is 0 Å². The summed E-state index contributed by atoms with van der Waals surface area (Å²) in [5.41, 5.74) is 8.45. The van der Waals surface area contributed by atoms with Gasteiger partial charge in [0.05, 0.1) is 16.3 Å². The van der Waals surface area contributed by atoms with Crippen molar-refractivity contribution in [3.05, 3.63) is 60.7 Å². The van der Waals surface area contributed by atoms with E-state index in [0.29, 0.717) is 23.5 Å². The van der Waals surface area contributed by atoms with Gasteiger partial charge in [-0.3, -0.25) is 15.4 Å². The first-order valence-corrected chi connectivity index (χ1v) is 11.7. The third-order valence-electron chi connectivity index (χ3n) is 5.22. The zero-order chi connectivity index (χ0) is 21.7. The minimum Gasteiger partial charge on any atom is -0.351 e. The van der Waals surface area contributed by atoms with Crippen LogP contribution < -0.4 is 16.2 Å². The molecule has 0 unspecified atom stereocenters. The SMILES string of the molecule is O=S(=O)(O)c1ccc(NNc2cc(-c3ccccc3)nc(NC3CCCCC3)n2)cc1. The summed E-state index contributed by atoms with van der Waals surface area (Å²) in [5, 5.41) is 3.47. The zero-order valence-corrected chi connectivity index (χ0v) is 17.8. The van der Waals surface area contributed by atoms with E-state index < -0.39 is 10.1 Å². The number of hydrogen-bond donors (Lipinski definition) is 4. The van der Waals surface area contributed by atoms with Crippen LogP contribution in [0.15, 0.2) is 65.6 Å². The van der Waals surface area contributed by atoms with Crippen LogP contribution in [0.2, 0.25) is 0 Å². The van der Waals surface area contributed by atoms with Gasteiger partial charge in [0.2, 0.25) is 5.95 Å². The molecule has 3 aromatic rings. The second-order valence-corrected chi connectivity index (χ2v) is 8.98. The van der Waals surface area contributed by atoms with Crippen molar-refractivity contribution < 1.29 is 13.0 Å². The van der Waals surface area contributed by atoms with Gasteiger partial charge in [-0.25, -0.2) is 4.98 Å². The smallest absolute Gasteiger partial charge is 0.294 e. The third-order valence-corrected chi connectivity index (χ3v) is 6.09. The monoisotopic (exact) mass is 439 g/mol. The summed E-state index contributed by atoms with van der Waals surface area (Å²) < 4.78 is 31.5. The highest BCUT2D eigenvalue weighted by Crippen LogP contribution is 2.25. The molecule has 1 aromatic heterocycles. The van der Waals surface area contributed by atoms with E-state index in [0.717, 1.165) is 24.1 Å². The first-order valence-electron chi connectivity index (χ1n) is 10.3. The predicted octanol–water partition coefficient (Wildman–Crippen LogP) is 4.57. The fraction of sp³-hybridized carbons (Fsp3) is 0.273. The van der Waals surface area contributed by atoms with Crippen molar-refractivity contribution >= 4 is 27.6 Å². The normalized spacial score (nSPS) is 14.7. The Hall–Kier alpha value is -3.17. The highest BCUT2D eigenvalue weighted by molar-refractivity contribution is 7.85. The van der Waals surface area contributed by atoms with Crippen molar-refractivity contribution in [2.45, 2.75) is 43.0 Å². The lowest BCUT2D eigenvalue weighted by Crippen LogP contribution is -2.24. The van der Waals surface area contributed by atoms with Crippen LogP contribution in [0.25, 0.3) is 11.3 Å². The fourth-order valence-corrected chi connectivity index (χ4v) is 4.09. The molecule has 9 heteroatoms. The van der Waals surface area contributed by atoms with Crippen LogP contribution in [0.3, 0.4) is 0 Å². The van der Waals surface area contributed by atoms with Crippen molar-refractivity contribution in [2.24, 2.45) is 0 Å². The molecule has 31 heavy (non-hydrogen) atoms. The Morgan fingerprint density at radius 3 is 2.26 bits per heavy atom. The zero-order valence-electron chi connectivity index (χ0n) is 17.0. The molecule has 0 saturated heterocycles. The number of nitrogens with one attached hydrogen (secondary N) is 3. The number of anilines is 3. The van der Waals surface area contributed by atoms with E-state index in [4.69, 9.17) is 9.54 Å². The second kappa shape index (κ2) is 9.32. The average molecular weight is 440 g/mol. The molecule has 0 spiro atoms. The Balaban J connectivity index is 1.54. The van der Waals surface area contributed by atoms with Crippen molar-refractivity contribution in [1.82, 2.24) is 9.97 Å². The number of benzene rings is 2. The summed E-state index contributed by atoms with van der Waals surface area (Å²) in [6.07, 6.45) is 5.92. The molecule has 8 nitrogen and oxygen atoms in total. The lowest BCUT2D eigenvalue weighted by molar-refractivity contribution is 0.461. The van der Waals surface area contributed by atoms with Gasteiger partial charge < -0.3 is 5.32 Å². The van der Waals surface area contributed by atoms with E-state index in [1.54, 1.807) is 12.1 Å². The Kier molecular flexibility index (Phi) is 6.34. The molecule has 0 amide bonds. The first kappa shape index (κ1) is 21.1. The molecular weight excluding hydrogens is 414 g/mol. The van der Waals surface area contributed by atoms with Gasteiger partial charge >= 0.3 is 0 Å². The van der Waals surface area contributed by atoms with Crippen molar-refractivity contribution in [2.75, 3.05) is 16.2 Å². The van der Waals surface area contributed by atoms with Gasteiger partial charge in [-0.15, -0.1) is 0 Å². The van der Waals surface area contributed by atoms with E-state index in [-0.39, 0.29) is 4.90 Å². The van der Waals surface area contributed by atoms with Gasteiger partial charge in [0, 0.05) is 17.7 Å². The van der Waals surface area contributed by atoms with Gasteiger partial charge in [-0.05, 0) is 37.1 Å². The Morgan fingerprint density at radius 2 is 1.58 bits per heavy atom. The number of aromatic nitrogens is 2. The van der Waals surface area contributed by atoms with Gasteiger partial charge in [-0.1, -0.05) is 49.6 Å². The topological polar surface area (TPSA) is 116 Å². The fourth-order valence-electron chi connectivity index (χ4n) is 3.61. The van der Waals surface area contributed by atoms with Crippen LogP contribution >= 0.6 is 0 Å². The van der Waals surface area contributed by atoms with Crippen LogP contribution in [0, 0.1) is 0 Å². The van der Waals surface area contributed by atoms with Gasteiger partial charge in [0.1, 0.15) is 0 Å². The Bertz CT molecular complexity index is 1120. The molecule has 1 saturated carbocycles. The van der Waals surface area contributed by atoms with Gasteiger partial charge in [0.25, 0.3) is 10.1 Å². The molecule has 4 rings (SSSR count). The summed E-state index contributed by atoms with van der Waals surface area (Å²) in [5.74, 6) is 1.14. The molecule has 0 atom stereocenters. The first-order chi connectivity index (χ1) is 15.0. The lowest BCUT2D eigenvalue weighted by Gasteiger charge is -2.23. The maximum Gasteiger partial charge on any atom is 0.294 e. The predicted molar refractivity (Wildman–Crippen MR) is 121 cm³/mol. The summed E-state index contributed by atoms with van der Waals surface area (Å²) in [6, 6.07) is 17.9.